The van der Waals surface area contributed by atoms with Crippen molar-refractivity contribution < 1.29 is 14.4 Å². The molecule has 6 heteroatoms. The zero-order valence-corrected chi connectivity index (χ0v) is 21.8. The second kappa shape index (κ2) is 11.1. The molecule has 0 radical (unpaired) electrons. The van der Waals surface area contributed by atoms with Gasteiger partial charge in [-0.1, -0.05) is 30.3 Å². The second-order valence-corrected chi connectivity index (χ2v) is 9.33. The van der Waals surface area contributed by atoms with E-state index in [1.807, 2.05) is 67.6 Å². The minimum absolute atomic E-state index is 0.00641. The Morgan fingerprint density at radius 1 is 0.833 bits per heavy atom. The maximum atomic E-state index is 13.2. The highest BCUT2D eigenvalue weighted by molar-refractivity contribution is 6.16. The van der Waals surface area contributed by atoms with Crippen molar-refractivity contribution in [2.75, 3.05) is 14.1 Å². The van der Waals surface area contributed by atoms with Gasteiger partial charge in [-0.3, -0.25) is 9.59 Å². The van der Waals surface area contributed by atoms with Gasteiger partial charge in [0.15, 0.2) is 5.78 Å². The molecule has 1 N–H and O–H groups in total. The standard InChI is InChI=1S/C27H27N3O2.C3H6O/c1-17-7-5-6-8-21(17)27(32)20-10-12-25-23(16-20)22-15-19(18(2)28)9-11-24(22)30(25)14-13-26(31)29(3)4;1-3(2)4/h5-12,15-16,28H,13-14H2,1-4H3;1-2H3. The van der Waals surface area contributed by atoms with E-state index in [0.29, 0.717) is 29.8 Å². The number of hydrogen-bond donors (Lipinski definition) is 1. The molecule has 6 nitrogen and oxygen atoms in total. The maximum Gasteiger partial charge on any atom is 0.223 e. The molecule has 0 fully saturated rings. The van der Waals surface area contributed by atoms with E-state index < -0.39 is 0 Å². The van der Waals surface area contributed by atoms with Gasteiger partial charge in [0.1, 0.15) is 5.78 Å². The summed E-state index contributed by atoms with van der Waals surface area (Å²) in [5.74, 6) is 0.228. The maximum absolute atomic E-state index is 13.2. The lowest BCUT2D eigenvalue weighted by Crippen LogP contribution is -2.22. The summed E-state index contributed by atoms with van der Waals surface area (Å²) in [5, 5.41) is 9.99. The smallest absolute Gasteiger partial charge is 0.223 e. The van der Waals surface area contributed by atoms with Gasteiger partial charge < -0.3 is 19.7 Å². The summed E-state index contributed by atoms with van der Waals surface area (Å²) in [5.41, 5.74) is 5.59. The molecule has 1 heterocycles. The molecule has 0 saturated carbocycles. The van der Waals surface area contributed by atoms with Crippen LogP contribution in [0.3, 0.4) is 0 Å². The Hall–Kier alpha value is -4.06. The van der Waals surface area contributed by atoms with Gasteiger partial charge in [0, 0.05) is 65.7 Å². The molecular formula is C30H33N3O3. The molecule has 0 unspecified atom stereocenters. The van der Waals surface area contributed by atoms with Gasteiger partial charge >= 0.3 is 0 Å². The van der Waals surface area contributed by atoms with Gasteiger partial charge in [-0.25, -0.2) is 0 Å². The minimum Gasteiger partial charge on any atom is -0.349 e. The van der Waals surface area contributed by atoms with Crippen LogP contribution in [0.5, 0.6) is 0 Å². The molecule has 0 aliphatic heterocycles. The number of ketones is 2. The van der Waals surface area contributed by atoms with Crippen LogP contribution in [-0.4, -0.2) is 46.7 Å². The third kappa shape index (κ3) is 5.77. The summed E-state index contributed by atoms with van der Waals surface area (Å²) in [6, 6.07) is 19.3. The van der Waals surface area contributed by atoms with Gasteiger partial charge in [0.2, 0.25) is 5.91 Å². The minimum atomic E-state index is -0.00641. The number of benzene rings is 3. The van der Waals surface area contributed by atoms with Crippen LogP contribution in [0.25, 0.3) is 21.8 Å². The van der Waals surface area contributed by atoms with Crippen molar-refractivity contribution in [2.24, 2.45) is 0 Å². The number of hydrogen-bond acceptors (Lipinski definition) is 4. The Labute approximate surface area is 212 Å². The van der Waals surface area contributed by atoms with E-state index in [1.54, 1.807) is 25.9 Å². The predicted octanol–water partition coefficient (Wildman–Crippen LogP) is 5.80. The molecule has 1 aromatic heterocycles. The van der Waals surface area contributed by atoms with Crippen LogP contribution in [0.2, 0.25) is 0 Å². The first kappa shape index (κ1) is 26.5. The first-order valence-corrected chi connectivity index (χ1v) is 11.9. The average molecular weight is 484 g/mol. The largest absolute Gasteiger partial charge is 0.349 e. The Morgan fingerprint density at radius 3 is 1.89 bits per heavy atom. The van der Waals surface area contributed by atoms with Crippen LogP contribution in [0.15, 0.2) is 60.7 Å². The molecule has 3 aromatic carbocycles. The second-order valence-electron chi connectivity index (χ2n) is 9.33. The lowest BCUT2D eigenvalue weighted by atomic mass is 9.97. The van der Waals surface area contributed by atoms with Crippen molar-refractivity contribution >= 4 is 45.0 Å². The lowest BCUT2D eigenvalue weighted by molar-refractivity contribution is -0.128. The fraction of sp³-hybridized carbons (Fsp3) is 0.267. The van der Waals surface area contributed by atoms with Crippen LogP contribution in [-0.2, 0) is 16.1 Å². The molecule has 0 aliphatic carbocycles. The highest BCUT2D eigenvalue weighted by Crippen LogP contribution is 2.32. The predicted molar refractivity (Wildman–Crippen MR) is 146 cm³/mol. The van der Waals surface area contributed by atoms with Crippen molar-refractivity contribution in [1.82, 2.24) is 9.47 Å². The topological polar surface area (TPSA) is 83.2 Å². The zero-order chi connectivity index (χ0) is 26.6. The lowest BCUT2D eigenvalue weighted by Gasteiger charge is -2.12. The summed E-state index contributed by atoms with van der Waals surface area (Å²) < 4.78 is 2.14. The number of fused-ring (bicyclic) bond motifs is 3. The summed E-state index contributed by atoms with van der Waals surface area (Å²) >= 11 is 0. The number of Topliss-reactive ketones (excluding diaryl/α,β-unsaturated/α-hetero) is 1. The normalized spacial score (nSPS) is 10.6. The third-order valence-electron chi connectivity index (χ3n) is 6.00. The molecule has 4 aromatic rings. The van der Waals surface area contributed by atoms with E-state index in [0.717, 1.165) is 32.9 Å². The van der Waals surface area contributed by atoms with Crippen LogP contribution in [0.4, 0.5) is 0 Å². The molecule has 36 heavy (non-hydrogen) atoms. The van der Waals surface area contributed by atoms with E-state index >= 15 is 0 Å². The Morgan fingerprint density at radius 2 is 1.36 bits per heavy atom. The van der Waals surface area contributed by atoms with Crippen LogP contribution in [0, 0.1) is 12.3 Å². The Kier molecular flexibility index (Phi) is 8.20. The molecule has 0 atom stereocenters. The number of carbonyl (C=O) groups excluding carboxylic acids is 3. The molecule has 0 bridgehead atoms. The Balaban J connectivity index is 0.000000840. The van der Waals surface area contributed by atoms with E-state index in [-0.39, 0.29) is 17.5 Å². The zero-order valence-electron chi connectivity index (χ0n) is 21.8. The van der Waals surface area contributed by atoms with Crippen molar-refractivity contribution in [1.29, 1.82) is 5.41 Å². The molecule has 0 spiro atoms. The van der Waals surface area contributed by atoms with Crippen molar-refractivity contribution in [3.63, 3.8) is 0 Å². The summed E-state index contributed by atoms with van der Waals surface area (Å²) in [6.45, 7) is 7.31. The number of rotatable bonds is 6. The summed E-state index contributed by atoms with van der Waals surface area (Å²) in [4.78, 5) is 36.5. The van der Waals surface area contributed by atoms with Gasteiger partial charge in [-0.15, -0.1) is 0 Å². The Bertz CT molecular complexity index is 1470. The van der Waals surface area contributed by atoms with E-state index in [1.165, 1.54) is 13.8 Å². The quantitative estimate of drug-likeness (QED) is 0.278. The summed E-state index contributed by atoms with van der Waals surface area (Å²) in [7, 11) is 3.52. The first-order valence-electron chi connectivity index (χ1n) is 11.9. The van der Waals surface area contributed by atoms with Gasteiger partial charge in [-0.2, -0.15) is 0 Å². The molecular weight excluding hydrogens is 450 g/mol. The number of carbonyl (C=O) groups is 3. The van der Waals surface area contributed by atoms with Gasteiger partial charge in [0.05, 0.1) is 0 Å². The molecule has 0 saturated heterocycles. The van der Waals surface area contributed by atoms with Gasteiger partial charge in [0.25, 0.3) is 0 Å². The van der Waals surface area contributed by atoms with Gasteiger partial charge in [-0.05, 0) is 69.2 Å². The van der Waals surface area contributed by atoms with Crippen LogP contribution >= 0.6 is 0 Å². The average Bonchev–Trinajstić information content (AvgIpc) is 3.14. The molecule has 4 rings (SSSR count). The monoisotopic (exact) mass is 483 g/mol. The van der Waals surface area contributed by atoms with Crippen molar-refractivity contribution in [3.8, 4) is 0 Å². The summed E-state index contributed by atoms with van der Waals surface area (Å²) in [6.07, 6.45) is 0.390. The fourth-order valence-electron chi connectivity index (χ4n) is 4.13. The molecule has 0 aliphatic rings. The first-order chi connectivity index (χ1) is 17.0. The van der Waals surface area contributed by atoms with Crippen LogP contribution in [0.1, 0.15) is 54.2 Å². The number of aryl methyl sites for hydroxylation is 2. The SMILES string of the molecule is CC(=N)c1ccc2c(c1)c1cc(C(=O)c3ccccc3C)ccc1n2CCC(=O)N(C)C.CC(C)=O. The highest BCUT2D eigenvalue weighted by atomic mass is 16.2. The molecule has 186 valence electrons. The highest BCUT2D eigenvalue weighted by Gasteiger charge is 2.17. The van der Waals surface area contributed by atoms with E-state index in [4.69, 9.17) is 5.41 Å². The third-order valence-corrected chi connectivity index (χ3v) is 6.00. The fourth-order valence-corrected chi connectivity index (χ4v) is 4.13. The molecule has 1 amide bonds. The van der Waals surface area contributed by atoms with Crippen molar-refractivity contribution in [3.05, 3.63) is 82.9 Å². The van der Waals surface area contributed by atoms with E-state index in [9.17, 15) is 14.4 Å². The van der Waals surface area contributed by atoms with Crippen LogP contribution < -0.4 is 0 Å². The van der Waals surface area contributed by atoms with Crippen molar-refractivity contribution in [2.45, 2.75) is 40.7 Å². The number of amides is 1. The number of nitrogens with one attached hydrogen (secondary N) is 1. The number of aromatic nitrogens is 1. The van der Waals surface area contributed by atoms with E-state index in [2.05, 4.69) is 4.57 Å². The number of nitrogens with zero attached hydrogens (tertiary/aromatic N) is 2.